The van der Waals surface area contributed by atoms with Gasteiger partial charge in [0.25, 0.3) is 0 Å². The molecule has 0 saturated carbocycles. The van der Waals surface area contributed by atoms with Gasteiger partial charge >= 0.3 is 0 Å². The van der Waals surface area contributed by atoms with Gasteiger partial charge in [-0.05, 0) is 26.3 Å². The average Bonchev–Trinajstić information content (AvgIpc) is 2.28. The molecular formula is C13H21N3. The highest BCUT2D eigenvalue weighted by molar-refractivity contribution is 5.77. The molecule has 0 aromatic heterocycles. The number of nitrogens with zero attached hydrogens (tertiary/aromatic N) is 2. The second kappa shape index (κ2) is 6.16. The van der Waals surface area contributed by atoms with Crippen molar-refractivity contribution < 1.29 is 0 Å². The maximum atomic E-state index is 5.90. The van der Waals surface area contributed by atoms with E-state index in [1.165, 1.54) is 11.1 Å². The van der Waals surface area contributed by atoms with Crippen molar-refractivity contribution in [3.05, 3.63) is 35.4 Å². The Kier molecular flexibility index (Phi) is 4.83. The van der Waals surface area contributed by atoms with E-state index in [9.17, 15) is 0 Å². The van der Waals surface area contributed by atoms with Gasteiger partial charge < -0.3 is 10.6 Å². The van der Waals surface area contributed by atoms with Gasteiger partial charge in [-0.1, -0.05) is 29.8 Å². The third-order valence-electron chi connectivity index (χ3n) is 2.59. The average molecular weight is 219 g/mol. The number of aryl methyl sites for hydroxylation is 1. The van der Waals surface area contributed by atoms with Gasteiger partial charge in [-0.3, -0.25) is 0 Å². The molecule has 0 atom stereocenters. The van der Waals surface area contributed by atoms with Crippen molar-refractivity contribution in [1.82, 2.24) is 4.90 Å². The normalized spacial score (nSPS) is 11.6. The Morgan fingerprint density at radius 1 is 1.31 bits per heavy atom. The Balaban J connectivity index is 2.65. The van der Waals surface area contributed by atoms with Gasteiger partial charge in [-0.25, -0.2) is 4.99 Å². The van der Waals surface area contributed by atoms with Gasteiger partial charge in [-0.15, -0.1) is 0 Å². The predicted molar refractivity (Wildman–Crippen MR) is 69.4 cm³/mol. The molecule has 0 amide bonds. The Morgan fingerprint density at radius 3 is 2.56 bits per heavy atom. The minimum atomic E-state index is 0.631. The van der Waals surface area contributed by atoms with Crippen LogP contribution < -0.4 is 5.73 Å². The highest BCUT2D eigenvalue weighted by Crippen LogP contribution is 2.05. The smallest absolute Gasteiger partial charge is 0.191 e. The fourth-order valence-corrected chi connectivity index (χ4v) is 1.63. The molecule has 88 valence electrons. The summed E-state index contributed by atoms with van der Waals surface area (Å²) in [6.45, 7) is 8.71. The van der Waals surface area contributed by atoms with E-state index in [-0.39, 0.29) is 0 Å². The molecule has 0 aliphatic rings. The first-order chi connectivity index (χ1) is 7.67. The molecule has 2 N–H and O–H groups in total. The number of guanidine groups is 1. The molecule has 0 heterocycles. The van der Waals surface area contributed by atoms with E-state index in [0.717, 1.165) is 13.1 Å². The van der Waals surface area contributed by atoms with Crippen molar-refractivity contribution in [3.63, 3.8) is 0 Å². The Hall–Kier alpha value is -1.51. The molecule has 0 aliphatic heterocycles. The molecule has 16 heavy (non-hydrogen) atoms. The van der Waals surface area contributed by atoms with Crippen molar-refractivity contribution in [3.8, 4) is 0 Å². The van der Waals surface area contributed by atoms with E-state index < -0.39 is 0 Å². The van der Waals surface area contributed by atoms with Crippen LogP contribution in [-0.2, 0) is 6.54 Å². The lowest BCUT2D eigenvalue weighted by molar-refractivity contribution is 0.458. The number of benzene rings is 1. The Labute approximate surface area is 98.0 Å². The molecular weight excluding hydrogens is 198 g/mol. The quantitative estimate of drug-likeness (QED) is 0.623. The number of aliphatic imine (C=N–C) groups is 1. The summed E-state index contributed by atoms with van der Waals surface area (Å²) in [5.41, 5.74) is 8.36. The van der Waals surface area contributed by atoms with Crippen molar-refractivity contribution in [2.24, 2.45) is 10.7 Å². The number of hydrogen-bond donors (Lipinski definition) is 1. The second-order valence-electron chi connectivity index (χ2n) is 3.84. The van der Waals surface area contributed by atoms with Crippen LogP contribution in [0.3, 0.4) is 0 Å². The van der Waals surface area contributed by atoms with Crippen LogP contribution in [0.15, 0.2) is 29.3 Å². The monoisotopic (exact) mass is 219 g/mol. The van der Waals surface area contributed by atoms with E-state index in [2.05, 4.69) is 48.9 Å². The molecule has 0 bridgehead atoms. The minimum absolute atomic E-state index is 0.631. The van der Waals surface area contributed by atoms with Crippen LogP contribution >= 0.6 is 0 Å². The molecule has 3 heteroatoms. The second-order valence-corrected chi connectivity index (χ2v) is 3.84. The number of hydrogen-bond acceptors (Lipinski definition) is 1. The number of nitrogens with two attached hydrogens (primary N) is 1. The van der Waals surface area contributed by atoms with Gasteiger partial charge in [-0.2, -0.15) is 0 Å². The largest absolute Gasteiger partial charge is 0.370 e. The summed E-state index contributed by atoms with van der Waals surface area (Å²) in [6.07, 6.45) is 0. The topological polar surface area (TPSA) is 41.6 Å². The van der Waals surface area contributed by atoms with Crippen molar-refractivity contribution in [2.45, 2.75) is 27.3 Å². The summed E-state index contributed by atoms with van der Waals surface area (Å²) >= 11 is 0. The standard InChI is InChI=1S/C13H21N3/c1-4-16(5-2)13(14)15-10-12-8-6-7-11(3)9-12/h6-9H,4-5,10H2,1-3H3,(H2,14,15). The van der Waals surface area contributed by atoms with Crippen molar-refractivity contribution in [1.29, 1.82) is 0 Å². The minimum Gasteiger partial charge on any atom is -0.370 e. The summed E-state index contributed by atoms with van der Waals surface area (Å²) in [7, 11) is 0. The molecule has 3 nitrogen and oxygen atoms in total. The summed E-state index contributed by atoms with van der Waals surface area (Å²) in [5.74, 6) is 0.631. The van der Waals surface area contributed by atoms with Crippen LogP contribution in [-0.4, -0.2) is 23.9 Å². The zero-order valence-corrected chi connectivity index (χ0v) is 10.4. The fourth-order valence-electron chi connectivity index (χ4n) is 1.63. The fraction of sp³-hybridized carbons (Fsp3) is 0.462. The first-order valence-corrected chi connectivity index (χ1v) is 5.77. The number of rotatable bonds is 4. The summed E-state index contributed by atoms with van der Waals surface area (Å²) in [6, 6.07) is 8.35. The Morgan fingerprint density at radius 2 is 2.00 bits per heavy atom. The van der Waals surface area contributed by atoms with E-state index >= 15 is 0 Å². The molecule has 0 spiro atoms. The highest BCUT2D eigenvalue weighted by Gasteiger charge is 2.01. The zero-order chi connectivity index (χ0) is 12.0. The highest BCUT2D eigenvalue weighted by atomic mass is 15.2. The molecule has 0 fully saturated rings. The van der Waals surface area contributed by atoms with Gasteiger partial charge in [0, 0.05) is 13.1 Å². The van der Waals surface area contributed by atoms with E-state index in [4.69, 9.17) is 5.73 Å². The summed E-state index contributed by atoms with van der Waals surface area (Å²) in [4.78, 5) is 6.45. The lowest BCUT2D eigenvalue weighted by atomic mass is 10.1. The molecule has 1 aromatic carbocycles. The predicted octanol–water partition coefficient (Wildman–Crippen LogP) is 2.15. The van der Waals surface area contributed by atoms with Crippen LogP contribution in [0, 0.1) is 6.92 Å². The van der Waals surface area contributed by atoms with Crippen LogP contribution in [0.5, 0.6) is 0 Å². The van der Waals surface area contributed by atoms with Crippen molar-refractivity contribution in [2.75, 3.05) is 13.1 Å². The summed E-state index contributed by atoms with van der Waals surface area (Å²) in [5, 5.41) is 0. The summed E-state index contributed by atoms with van der Waals surface area (Å²) < 4.78 is 0. The first kappa shape index (κ1) is 12.6. The lowest BCUT2D eigenvalue weighted by Gasteiger charge is -2.19. The van der Waals surface area contributed by atoms with Crippen LogP contribution in [0.4, 0.5) is 0 Å². The van der Waals surface area contributed by atoms with E-state index in [1.54, 1.807) is 0 Å². The van der Waals surface area contributed by atoms with Gasteiger partial charge in [0.05, 0.1) is 6.54 Å². The molecule has 1 rings (SSSR count). The van der Waals surface area contributed by atoms with E-state index in [1.807, 2.05) is 6.07 Å². The van der Waals surface area contributed by atoms with Gasteiger partial charge in [0.2, 0.25) is 0 Å². The molecule has 0 aliphatic carbocycles. The Bertz CT molecular complexity index is 354. The molecule has 0 radical (unpaired) electrons. The third-order valence-corrected chi connectivity index (χ3v) is 2.59. The third kappa shape index (κ3) is 3.57. The SMILES string of the molecule is CCN(CC)C(N)=NCc1cccc(C)c1. The first-order valence-electron chi connectivity index (χ1n) is 5.77. The molecule has 1 aromatic rings. The van der Waals surface area contributed by atoms with Crippen LogP contribution in [0.1, 0.15) is 25.0 Å². The molecule has 0 saturated heterocycles. The van der Waals surface area contributed by atoms with Gasteiger partial charge in [0.15, 0.2) is 5.96 Å². The lowest BCUT2D eigenvalue weighted by Crippen LogP contribution is -2.37. The maximum absolute atomic E-state index is 5.90. The van der Waals surface area contributed by atoms with E-state index in [0.29, 0.717) is 12.5 Å². The molecule has 0 unspecified atom stereocenters. The zero-order valence-electron chi connectivity index (χ0n) is 10.4. The van der Waals surface area contributed by atoms with Crippen LogP contribution in [0.25, 0.3) is 0 Å². The van der Waals surface area contributed by atoms with Crippen molar-refractivity contribution >= 4 is 5.96 Å². The maximum Gasteiger partial charge on any atom is 0.191 e. The van der Waals surface area contributed by atoms with Crippen LogP contribution in [0.2, 0.25) is 0 Å². The van der Waals surface area contributed by atoms with Gasteiger partial charge in [0.1, 0.15) is 0 Å².